The van der Waals surface area contributed by atoms with Gasteiger partial charge in [0.1, 0.15) is 0 Å². The summed E-state index contributed by atoms with van der Waals surface area (Å²) in [7, 11) is 0. The van der Waals surface area contributed by atoms with E-state index in [4.69, 9.17) is 16.2 Å². The second-order valence-electron chi connectivity index (χ2n) is 4.04. The number of rotatable bonds is 10. The lowest BCUT2D eigenvalue weighted by molar-refractivity contribution is -0.138. The maximum Gasteiger partial charge on any atom is 0.303 e. The molecule has 0 rings (SSSR count). The zero-order chi connectivity index (χ0) is 15.4. The van der Waals surface area contributed by atoms with Gasteiger partial charge in [0, 0.05) is 32.5 Å². The van der Waals surface area contributed by atoms with Crippen molar-refractivity contribution in [1.29, 1.82) is 5.41 Å². The Hall–Kier alpha value is -2.32. The van der Waals surface area contributed by atoms with Crippen LogP contribution < -0.4 is 21.7 Å². The molecule has 0 saturated heterocycles. The molecule has 0 unspecified atom stereocenters. The lowest BCUT2D eigenvalue weighted by Gasteiger charge is -2.07. The van der Waals surface area contributed by atoms with Gasteiger partial charge in [0.25, 0.3) is 0 Å². The highest BCUT2D eigenvalue weighted by Gasteiger charge is 2.06. The van der Waals surface area contributed by atoms with Crippen LogP contribution in [0.25, 0.3) is 0 Å². The molecule has 0 aliphatic heterocycles. The molecule has 0 aliphatic rings. The molecule has 20 heavy (non-hydrogen) atoms. The Morgan fingerprint density at radius 1 is 0.900 bits per heavy atom. The van der Waals surface area contributed by atoms with E-state index in [1.54, 1.807) is 0 Å². The van der Waals surface area contributed by atoms with Crippen LogP contribution in [0.15, 0.2) is 0 Å². The summed E-state index contributed by atoms with van der Waals surface area (Å²) < 4.78 is 0. The van der Waals surface area contributed by atoms with Gasteiger partial charge in [-0.2, -0.15) is 0 Å². The monoisotopic (exact) mass is 287 g/mol. The van der Waals surface area contributed by atoms with E-state index in [-0.39, 0.29) is 43.6 Å². The Bertz CT molecular complexity index is 359. The van der Waals surface area contributed by atoms with Gasteiger partial charge in [-0.1, -0.05) is 0 Å². The highest BCUT2D eigenvalue weighted by atomic mass is 16.4. The van der Waals surface area contributed by atoms with E-state index >= 15 is 0 Å². The number of carbonyl (C=O) groups excluding carboxylic acids is 2. The van der Waals surface area contributed by atoms with Crippen molar-refractivity contribution < 1.29 is 19.5 Å². The molecule has 9 nitrogen and oxygen atoms in total. The van der Waals surface area contributed by atoms with Crippen molar-refractivity contribution in [2.45, 2.75) is 25.7 Å². The number of carboxylic acids is 1. The highest BCUT2D eigenvalue weighted by Crippen LogP contribution is 1.88. The number of hydrogen-bond acceptors (Lipinski definition) is 4. The summed E-state index contributed by atoms with van der Waals surface area (Å²) in [5, 5.41) is 23.0. The van der Waals surface area contributed by atoms with Crippen LogP contribution >= 0.6 is 0 Å². The fraction of sp³-hybridized carbons (Fsp3) is 0.636. The van der Waals surface area contributed by atoms with Crippen molar-refractivity contribution >= 4 is 23.7 Å². The van der Waals surface area contributed by atoms with Gasteiger partial charge in [-0.05, 0) is 6.42 Å². The number of nitrogens with two attached hydrogens (primary N) is 1. The molecule has 0 atom stereocenters. The summed E-state index contributed by atoms with van der Waals surface area (Å²) in [5.41, 5.74) is 5.08. The van der Waals surface area contributed by atoms with E-state index in [0.29, 0.717) is 19.5 Å². The number of aliphatic carboxylic acids is 1. The van der Waals surface area contributed by atoms with Crippen molar-refractivity contribution in [2.75, 3.05) is 19.6 Å². The third-order valence-corrected chi connectivity index (χ3v) is 2.23. The molecule has 0 saturated carbocycles. The number of carbonyl (C=O) groups is 3. The van der Waals surface area contributed by atoms with Crippen LogP contribution in [-0.4, -0.2) is 48.5 Å². The van der Waals surface area contributed by atoms with E-state index in [0.717, 1.165) is 0 Å². The molecule has 0 aromatic rings. The molecule has 7 N–H and O–H groups in total. The van der Waals surface area contributed by atoms with Gasteiger partial charge < -0.3 is 26.8 Å². The van der Waals surface area contributed by atoms with E-state index in [1.165, 1.54) is 0 Å². The molecular weight excluding hydrogens is 266 g/mol. The summed E-state index contributed by atoms with van der Waals surface area (Å²) in [4.78, 5) is 32.7. The first-order valence-electron chi connectivity index (χ1n) is 6.25. The minimum atomic E-state index is -1.03. The van der Waals surface area contributed by atoms with Gasteiger partial charge in [-0.3, -0.25) is 19.8 Å². The molecule has 9 heteroatoms. The Morgan fingerprint density at radius 2 is 1.45 bits per heavy atom. The van der Waals surface area contributed by atoms with Gasteiger partial charge in [-0.15, -0.1) is 0 Å². The number of carboxylic acid groups (broad SMARTS) is 1. The number of hydrogen-bond donors (Lipinski definition) is 6. The van der Waals surface area contributed by atoms with Crippen molar-refractivity contribution in [3.63, 3.8) is 0 Å². The van der Waals surface area contributed by atoms with Crippen LogP contribution in [0, 0.1) is 5.41 Å². The van der Waals surface area contributed by atoms with Gasteiger partial charge in [-0.25, -0.2) is 0 Å². The molecule has 114 valence electrons. The molecular formula is C11H21N5O4. The number of guanidine groups is 1. The van der Waals surface area contributed by atoms with E-state index < -0.39 is 5.97 Å². The van der Waals surface area contributed by atoms with Crippen LogP contribution in [0.1, 0.15) is 25.7 Å². The SMILES string of the molecule is N=C(N)NCCCNC(=O)CCNC(=O)CCC(=O)O. The highest BCUT2D eigenvalue weighted by molar-refractivity contribution is 5.81. The first-order valence-corrected chi connectivity index (χ1v) is 6.25. The molecule has 2 amide bonds. The lowest BCUT2D eigenvalue weighted by atomic mass is 10.3. The van der Waals surface area contributed by atoms with Crippen molar-refractivity contribution in [2.24, 2.45) is 5.73 Å². The molecule has 0 heterocycles. The summed E-state index contributed by atoms with van der Waals surface area (Å²) in [6.45, 7) is 1.13. The fourth-order valence-electron chi connectivity index (χ4n) is 1.25. The second-order valence-corrected chi connectivity index (χ2v) is 4.04. The molecule has 0 bridgehead atoms. The minimum Gasteiger partial charge on any atom is -0.481 e. The fourth-order valence-corrected chi connectivity index (χ4v) is 1.25. The zero-order valence-corrected chi connectivity index (χ0v) is 11.2. The summed E-state index contributed by atoms with van der Waals surface area (Å²) in [6, 6.07) is 0. The molecule has 0 spiro atoms. The Morgan fingerprint density at radius 3 is 2.05 bits per heavy atom. The van der Waals surface area contributed by atoms with E-state index in [1.807, 2.05) is 0 Å². The maximum absolute atomic E-state index is 11.3. The molecule has 0 radical (unpaired) electrons. The largest absolute Gasteiger partial charge is 0.481 e. The van der Waals surface area contributed by atoms with Crippen LogP contribution in [-0.2, 0) is 14.4 Å². The number of amides is 2. The van der Waals surface area contributed by atoms with Gasteiger partial charge in [0.05, 0.1) is 6.42 Å². The van der Waals surface area contributed by atoms with Gasteiger partial charge in [0.15, 0.2) is 5.96 Å². The van der Waals surface area contributed by atoms with Crippen LogP contribution in [0.5, 0.6) is 0 Å². The van der Waals surface area contributed by atoms with Gasteiger partial charge in [0.2, 0.25) is 11.8 Å². The summed E-state index contributed by atoms with van der Waals surface area (Å²) in [5.74, 6) is -1.73. The predicted octanol–water partition coefficient (Wildman–Crippen LogP) is -1.65. The summed E-state index contributed by atoms with van der Waals surface area (Å²) in [6.07, 6.45) is 0.462. The van der Waals surface area contributed by atoms with Crippen LogP contribution in [0.2, 0.25) is 0 Å². The first-order chi connectivity index (χ1) is 9.41. The van der Waals surface area contributed by atoms with E-state index in [2.05, 4.69) is 16.0 Å². The Labute approximate surface area is 116 Å². The quantitative estimate of drug-likeness (QED) is 0.160. The van der Waals surface area contributed by atoms with Crippen molar-refractivity contribution in [1.82, 2.24) is 16.0 Å². The lowest BCUT2D eigenvalue weighted by Crippen LogP contribution is -2.34. The van der Waals surface area contributed by atoms with Crippen molar-refractivity contribution in [3.8, 4) is 0 Å². The van der Waals surface area contributed by atoms with Crippen molar-refractivity contribution in [3.05, 3.63) is 0 Å². The molecule has 0 aromatic carbocycles. The zero-order valence-electron chi connectivity index (χ0n) is 11.2. The average molecular weight is 287 g/mol. The standard InChI is InChI=1S/C11H21N5O4/c12-11(13)16-6-1-5-14-9(18)4-7-15-8(17)2-3-10(19)20/h1-7H2,(H,14,18)(H,15,17)(H,19,20)(H4,12,13,16). The molecule has 0 fully saturated rings. The van der Waals surface area contributed by atoms with E-state index in [9.17, 15) is 14.4 Å². The Kier molecular flexibility index (Phi) is 9.36. The number of nitrogens with one attached hydrogen (secondary N) is 4. The maximum atomic E-state index is 11.3. The summed E-state index contributed by atoms with van der Waals surface area (Å²) >= 11 is 0. The normalized spacial score (nSPS) is 9.60. The predicted molar refractivity (Wildman–Crippen MR) is 72.0 cm³/mol. The second kappa shape index (κ2) is 10.6. The smallest absolute Gasteiger partial charge is 0.303 e. The third kappa shape index (κ3) is 12.1. The minimum absolute atomic E-state index is 0.0896. The Balaban J connectivity index is 3.46. The first kappa shape index (κ1) is 17.7. The molecule has 0 aromatic heterocycles. The van der Waals surface area contributed by atoms with Gasteiger partial charge >= 0.3 is 5.97 Å². The van der Waals surface area contributed by atoms with Crippen LogP contribution in [0.3, 0.4) is 0 Å². The van der Waals surface area contributed by atoms with Crippen LogP contribution in [0.4, 0.5) is 0 Å². The molecule has 0 aliphatic carbocycles. The topological polar surface area (TPSA) is 157 Å². The third-order valence-electron chi connectivity index (χ3n) is 2.23. The average Bonchev–Trinajstić information content (AvgIpc) is 2.35.